The predicted octanol–water partition coefficient (Wildman–Crippen LogP) is 4.40. The molecule has 0 bridgehead atoms. The lowest BCUT2D eigenvalue weighted by atomic mass is 9.87. The zero-order chi connectivity index (χ0) is 24.4. The molecular weight excluding hydrogens is 434 g/mol. The van der Waals surface area contributed by atoms with Crippen LogP contribution in [0.5, 0.6) is 0 Å². The Morgan fingerprint density at radius 1 is 0.914 bits per heavy atom. The van der Waals surface area contributed by atoms with E-state index in [-0.39, 0.29) is 23.8 Å². The maximum atomic E-state index is 14.0. The van der Waals surface area contributed by atoms with Gasteiger partial charge in [0.2, 0.25) is 11.8 Å². The molecule has 2 N–H and O–H groups in total. The van der Waals surface area contributed by atoms with E-state index in [1.807, 2.05) is 13.0 Å². The highest BCUT2D eigenvalue weighted by atomic mass is 16.2. The number of nitrogens with zero attached hydrogens (tertiary/aromatic N) is 2. The molecule has 2 aromatic rings. The Hall–Kier alpha value is -2.66. The zero-order valence-corrected chi connectivity index (χ0v) is 20.9. The molecule has 186 valence electrons. The summed E-state index contributed by atoms with van der Waals surface area (Å²) < 4.78 is 0. The smallest absolute Gasteiger partial charge is 0.226 e. The minimum atomic E-state index is -0.422. The number of likely N-dealkylation sites (tertiary alicyclic amines) is 2. The molecule has 2 saturated heterocycles. The van der Waals surface area contributed by atoms with Gasteiger partial charge in [-0.2, -0.15) is 0 Å². The summed E-state index contributed by atoms with van der Waals surface area (Å²) in [4.78, 5) is 30.8. The van der Waals surface area contributed by atoms with Gasteiger partial charge in [0.1, 0.15) is 0 Å². The van der Waals surface area contributed by atoms with Crippen LogP contribution < -0.4 is 5.73 Å². The van der Waals surface area contributed by atoms with Gasteiger partial charge in [-0.05, 0) is 48.8 Å². The number of hydrogen-bond donors (Lipinski definition) is 1. The quantitative estimate of drug-likeness (QED) is 0.587. The Balaban J connectivity index is 1.33. The number of amides is 2. The van der Waals surface area contributed by atoms with Gasteiger partial charge in [0, 0.05) is 43.4 Å². The van der Waals surface area contributed by atoms with Crippen LogP contribution in [-0.4, -0.2) is 53.8 Å². The van der Waals surface area contributed by atoms with Gasteiger partial charge in [0.25, 0.3) is 0 Å². The Morgan fingerprint density at radius 3 is 2.14 bits per heavy atom. The summed E-state index contributed by atoms with van der Waals surface area (Å²) in [5.74, 6) is 0.533. The van der Waals surface area contributed by atoms with E-state index in [4.69, 9.17) is 5.73 Å². The summed E-state index contributed by atoms with van der Waals surface area (Å²) in [5, 5.41) is 0. The fraction of sp³-hybridized carbons (Fsp3) is 0.533. The van der Waals surface area contributed by atoms with Gasteiger partial charge >= 0.3 is 0 Å². The van der Waals surface area contributed by atoms with Crippen molar-refractivity contribution in [3.05, 3.63) is 71.8 Å². The highest BCUT2D eigenvalue weighted by Gasteiger charge is 2.43. The second kappa shape index (κ2) is 10.5. The number of primary amides is 1. The summed E-state index contributed by atoms with van der Waals surface area (Å²) >= 11 is 0. The molecule has 5 heteroatoms. The van der Waals surface area contributed by atoms with Crippen molar-refractivity contribution in [2.75, 3.05) is 26.2 Å². The molecule has 0 spiro atoms. The van der Waals surface area contributed by atoms with Crippen LogP contribution in [-0.2, 0) is 9.59 Å². The first-order valence-electron chi connectivity index (χ1n) is 13.4. The van der Waals surface area contributed by atoms with Gasteiger partial charge in [-0.25, -0.2) is 0 Å². The fourth-order valence-electron chi connectivity index (χ4n) is 6.26. The molecule has 2 unspecified atom stereocenters. The lowest BCUT2D eigenvalue weighted by molar-refractivity contribution is -0.142. The third-order valence-corrected chi connectivity index (χ3v) is 8.63. The highest BCUT2D eigenvalue weighted by Crippen LogP contribution is 2.40. The number of rotatable bonds is 9. The van der Waals surface area contributed by atoms with E-state index >= 15 is 0 Å². The maximum absolute atomic E-state index is 14.0. The summed E-state index contributed by atoms with van der Waals surface area (Å²) in [6.45, 7) is 5.59. The van der Waals surface area contributed by atoms with E-state index in [9.17, 15) is 9.59 Å². The Labute approximate surface area is 209 Å². The Kier molecular flexibility index (Phi) is 7.24. The van der Waals surface area contributed by atoms with Crippen LogP contribution in [0.25, 0.3) is 0 Å². The average molecular weight is 474 g/mol. The topological polar surface area (TPSA) is 66.6 Å². The molecule has 0 aromatic heterocycles. The van der Waals surface area contributed by atoms with Gasteiger partial charge in [-0.1, -0.05) is 80.4 Å². The highest BCUT2D eigenvalue weighted by molar-refractivity contribution is 5.87. The molecule has 0 radical (unpaired) electrons. The van der Waals surface area contributed by atoms with Crippen LogP contribution in [0.15, 0.2) is 60.7 Å². The zero-order valence-electron chi connectivity index (χ0n) is 20.9. The van der Waals surface area contributed by atoms with Crippen molar-refractivity contribution in [1.29, 1.82) is 0 Å². The Morgan fingerprint density at radius 2 is 1.54 bits per heavy atom. The second-order valence-corrected chi connectivity index (χ2v) is 11.1. The molecule has 5 atom stereocenters. The average Bonchev–Trinajstić information content (AvgIpc) is 3.42. The standard InChI is InChI=1S/C30H39N3O2/c1-21(29(31)34)28(16-22-12-13-22)30(35)33-19-26(24-10-6-3-7-11-24)17-27(33)20-32-15-14-25(18-32)23-8-4-2-5-9-23/h2-11,21-22,25-28H,12-20H2,1H3,(H2,31,34)/t21?,25?,26-,27-,28-/m0/s1. The molecular formula is C30H39N3O2. The first-order valence-corrected chi connectivity index (χ1v) is 13.4. The number of benzene rings is 2. The van der Waals surface area contributed by atoms with Crippen LogP contribution in [0, 0.1) is 17.8 Å². The molecule has 1 saturated carbocycles. The fourth-order valence-corrected chi connectivity index (χ4v) is 6.26. The van der Waals surface area contributed by atoms with Crippen LogP contribution in [0.1, 0.15) is 62.0 Å². The molecule has 2 heterocycles. The van der Waals surface area contributed by atoms with Crippen molar-refractivity contribution in [3.63, 3.8) is 0 Å². The van der Waals surface area contributed by atoms with Crippen molar-refractivity contribution in [3.8, 4) is 0 Å². The Bertz CT molecular complexity index is 1010. The van der Waals surface area contributed by atoms with Crippen molar-refractivity contribution in [2.45, 2.75) is 56.9 Å². The van der Waals surface area contributed by atoms with Crippen molar-refractivity contribution < 1.29 is 9.59 Å². The van der Waals surface area contributed by atoms with Gasteiger partial charge in [-0.3, -0.25) is 9.59 Å². The lowest BCUT2D eigenvalue weighted by Gasteiger charge is -2.33. The SMILES string of the molecule is CC(C(N)=O)[C@H](CC1CC1)C(=O)N1C[C@@H](c2ccccc2)C[C@H]1CN1CCC(c2ccccc2)C1. The van der Waals surface area contributed by atoms with Gasteiger partial charge in [0.15, 0.2) is 0 Å². The third-order valence-electron chi connectivity index (χ3n) is 8.63. The van der Waals surface area contributed by atoms with Crippen LogP contribution >= 0.6 is 0 Å². The molecule has 2 aliphatic heterocycles. The molecule has 1 aliphatic carbocycles. The number of carbonyl (C=O) groups excluding carboxylic acids is 2. The minimum Gasteiger partial charge on any atom is -0.369 e. The molecule has 2 amide bonds. The van der Waals surface area contributed by atoms with E-state index in [2.05, 4.69) is 64.4 Å². The summed E-state index contributed by atoms with van der Waals surface area (Å²) in [6, 6.07) is 21.6. The minimum absolute atomic E-state index is 0.144. The van der Waals surface area contributed by atoms with E-state index < -0.39 is 5.92 Å². The molecule has 35 heavy (non-hydrogen) atoms. The molecule has 3 aliphatic rings. The maximum Gasteiger partial charge on any atom is 0.226 e. The summed E-state index contributed by atoms with van der Waals surface area (Å²) in [6.07, 6.45) is 5.26. The van der Waals surface area contributed by atoms with Crippen LogP contribution in [0.2, 0.25) is 0 Å². The molecule has 5 nitrogen and oxygen atoms in total. The van der Waals surface area contributed by atoms with Crippen molar-refractivity contribution >= 4 is 11.8 Å². The second-order valence-electron chi connectivity index (χ2n) is 11.1. The van der Waals surface area contributed by atoms with Gasteiger partial charge in [0.05, 0.1) is 0 Å². The third kappa shape index (κ3) is 5.61. The number of nitrogens with two attached hydrogens (primary N) is 1. The van der Waals surface area contributed by atoms with Gasteiger partial charge < -0.3 is 15.5 Å². The monoisotopic (exact) mass is 473 g/mol. The van der Waals surface area contributed by atoms with E-state index in [1.165, 1.54) is 24.0 Å². The van der Waals surface area contributed by atoms with E-state index in [0.29, 0.717) is 17.8 Å². The van der Waals surface area contributed by atoms with E-state index in [1.54, 1.807) is 0 Å². The summed E-state index contributed by atoms with van der Waals surface area (Å²) in [7, 11) is 0. The molecule has 5 rings (SSSR count). The van der Waals surface area contributed by atoms with Gasteiger partial charge in [-0.15, -0.1) is 0 Å². The number of hydrogen-bond acceptors (Lipinski definition) is 3. The first kappa shape index (κ1) is 24.1. The predicted molar refractivity (Wildman–Crippen MR) is 139 cm³/mol. The largest absolute Gasteiger partial charge is 0.369 e. The summed E-state index contributed by atoms with van der Waals surface area (Å²) in [5.41, 5.74) is 8.42. The van der Waals surface area contributed by atoms with Crippen LogP contribution in [0.4, 0.5) is 0 Å². The number of carbonyl (C=O) groups is 2. The van der Waals surface area contributed by atoms with Crippen molar-refractivity contribution in [2.24, 2.45) is 23.5 Å². The molecule has 2 aromatic carbocycles. The first-order chi connectivity index (χ1) is 17.0. The van der Waals surface area contributed by atoms with Crippen LogP contribution in [0.3, 0.4) is 0 Å². The van der Waals surface area contributed by atoms with Crippen molar-refractivity contribution in [1.82, 2.24) is 9.80 Å². The lowest BCUT2D eigenvalue weighted by Crippen LogP contribution is -2.47. The van der Waals surface area contributed by atoms with E-state index in [0.717, 1.165) is 45.4 Å². The normalized spacial score (nSPS) is 26.5. The molecule has 3 fully saturated rings.